The predicted octanol–water partition coefficient (Wildman–Crippen LogP) is 2.84. The highest BCUT2D eigenvalue weighted by Gasteiger charge is 2.33. The maximum Gasteiger partial charge on any atom is 0.274 e. The average Bonchev–Trinajstić information content (AvgIpc) is 3.31. The van der Waals surface area contributed by atoms with Gasteiger partial charge in [-0.2, -0.15) is 14.9 Å². The van der Waals surface area contributed by atoms with Gasteiger partial charge < -0.3 is 25.3 Å². The Morgan fingerprint density at radius 2 is 2.14 bits per heavy atom. The molecule has 11 heteroatoms. The molecule has 3 heterocycles. The first-order valence-electron chi connectivity index (χ1n) is 12.3. The van der Waals surface area contributed by atoms with Gasteiger partial charge in [-0.25, -0.2) is 4.98 Å². The SMILES string of the molecule is CNc1cc(Nc2cccn([C@@H]3CCC[C@H](C#N)C3)c2=O)nc2c(C(=O)N[C@@H]3CC[C@H]3OC)cnn12. The zero-order valence-electron chi connectivity index (χ0n) is 20.4. The number of nitrogens with zero attached hydrogens (tertiary/aromatic N) is 5. The number of anilines is 3. The summed E-state index contributed by atoms with van der Waals surface area (Å²) >= 11 is 0. The molecule has 3 aromatic rings. The number of aromatic nitrogens is 4. The second-order valence-electron chi connectivity index (χ2n) is 9.41. The van der Waals surface area contributed by atoms with Gasteiger partial charge >= 0.3 is 0 Å². The minimum absolute atomic E-state index is 0.00600. The molecule has 188 valence electrons. The third-order valence-electron chi connectivity index (χ3n) is 7.26. The molecule has 4 atom stereocenters. The van der Waals surface area contributed by atoms with Crippen LogP contribution in [0.1, 0.15) is 54.9 Å². The van der Waals surface area contributed by atoms with Crippen molar-refractivity contribution >= 4 is 28.9 Å². The van der Waals surface area contributed by atoms with Crippen LogP contribution < -0.4 is 21.5 Å². The van der Waals surface area contributed by atoms with Crippen molar-refractivity contribution in [1.29, 1.82) is 5.26 Å². The molecule has 0 radical (unpaired) electrons. The highest BCUT2D eigenvalue weighted by atomic mass is 16.5. The van der Waals surface area contributed by atoms with Crippen LogP contribution in [0.3, 0.4) is 0 Å². The van der Waals surface area contributed by atoms with Crippen molar-refractivity contribution < 1.29 is 9.53 Å². The van der Waals surface area contributed by atoms with Crippen LogP contribution in [-0.4, -0.2) is 51.4 Å². The molecular weight excluding hydrogens is 460 g/mol. The molecule has 0 spiro atoms. The first-order chi connectivity index (χ1) is 17.5. The summed E-state index contributed by atoms with van der Waals surface area (Å²) in [5.41, 5.74) is 0.914. The Morgan fingerprint density at radius 1 is 1.28 bits per heavy atom. The highest BCUT2D eigenvalue weighted by Crippen LogP contribution is 2.31. The number of methoxy groups -OCH3 is 1. The number of ether oxygens (including phenoxy) is 1. The number of nitrogens with one attached hydrogen (secondary N) is 3. The van der Waals surface area contributed by atoms with E-state index in [1.165, 1.54) is 6.20 Å². The lowest BCUT2D eigenvalue weighted by molar-refractivity contribution is 0.00732. The van der Waals surface area contributed by atoms with Crippen LogP contribution in [0, 0.1) is 17.2 Å². The van der Waals surface area contributed by atoms with E-state index in [1.807, 2.05) is 6.07 Å². The van der Waals surface area contributed by atoms with Gasteiger partial charge in [-0.05, 0) is 44.2 Å². The summed E-state index contributed by atoms with van der Waals surface area (Å²) < 4.78 is 8.66. The quantitative estimate of drug-likeness (QED) is 0.460. The number of nitriles is 1. The van der Waals surface area contributed by atoms with Gasteiger partial charge in [0, 0.05) is 38.4 Å². The van der Waals surface area contributed by atoms with Crippen LogP contribution in [0.15, 0.2) is 35.4 Å². The van der Waals surface area contributed by atoms with E-state index in [2.05, 4.69) is 32.1 Å². The predicted molar refractivity (Wildman–Crippen MR) is 134 cm³/mol. The van der Waals surface area contributed by atoms with Crippen molar-refractivity contribution in [2.24, 2.45) is 5.92 Å². The van der Waals surface area contributed by atoms with E-state index < -0.39 is 0 Å². The highest BCUT2D eigenvalue weighted by molar-refractivity contribution is 6.00. The fraction of sp³-hybridized carbons (Fsp3) is 0.480. The Hall–Kier alpha value is -3.91. The van der Waals surface area contributed by atoms with Gasteiger partial charge in [-0.15, -0.1) is 0 Å². The van der Waals surface area contributed by atoms with E-state index in [1.54, 1.807) is 41.6 Å². The number of rotatable bonds is 7. The van der Waals surface area contributed by atoms with Crippen molar-refractivity contribution in [3.8, 4) is 6.07 Å². The molecule has 1 amide bonds. The Labute approximate surface area is 208 Å². The van der Waals surface area contributed by atoms with Crippen molar-refractivity contribution in [3.63, 3.8) is 0 Å². The van der Waals surface area contributed by atoms with Gasteiger partial charge in [0.05, 0.1) is 24.4 Å². The molecule has 3 aromatic heterocycles. The van der Waals surface area contributed by atoms with Crippen LogP contribution in [0.5, 0.6) is 0 Å². The molecule has 0 bridgehead atoms. The van der Waals surface area contributed by atoms with Crippen molar-refractivity contribution in [1.82, 2.24) is 24.5 Å². The maximum atomic E-state index is 13.3. The Balaban J connectivity index is 1.44. The van der Waals surface area contributed by atoms with Crippen LogP contribution in [-0.2, 0) is 4.74 Å². The molecule has 3 N–H and O–H groups in total. The molecule has 5 rings (SSSR count). The van der Waals surface area contributed by atoms with E-state index >= 15 is 0 Å². The maximum absolute atomic E-state index is 13.3. The van der Waals surface area contributed by atoms with E-state index in [4.69, 9.17) is 4.74 Å². The molecule has 0 aromatic carbocycles. The Bertz CT molecular complexity index is 1370. The largest absolute Gasteiger partial charge is 0.379 e. The summed E-state index contributed by atoms with van der Waals surface area (Å²) in [4.78, 5) is 30.9. The summed E-state index contributed by atoms with van der Waals surface area (Å²) in [6, 6.07) is 7.57. The fourth-order valence-corrected chi connectivity index (χ4v) is 5.09. The summed E-state index contributed by atoms with van der Waals surface area (Å²) in [7, 11) is 3.40. The van der Waals surface area contributed by atoms with Gasteiger partial charge in [0.2, 0.25) is 0 Å². The van der Waals surface area contributed by atoms with E-state index in [9.17, 15) is 14.9 Å². The molecule has 2 fully saturated rings. The molecule has 36 heavy (non-hydrogen) atoms. The molecular formula is C25H30N8O3. The zero-order valence-corrected chi connectivity index (χ0v) is 20.4. The number of carbonyl (C=O) groups is 1. The number of carbonyl (C=O) groups excluding carboxylic acids is 1. The normalized spacial score (nSPS) is 23.5. The summed E-state index contributed by atoms with van der Waals surface area (Å²) in [5, 5.41) is 22.9. The van der Waals surface area contributed by atoms with E-state index in [-0.39, 0.29) is 35.6 Å². The van der Waals surface area contributed by atoms with Crippen molar-refractivity contribution in [2.45, 2.75) is 56.7 Å². The van der Waals surface area contributed by atoms with Gasteiger partial charge in [0.25, 0.3) is 11.5 Å². The van der Waals surface area contributed by atoms with Gasteiger partial charge in [-0.3, -0.25) is 9.59 Å². The van der Waals surface area contributed by atoms with Crippen molar-refractivity contribution in [2.75, 3.05) is 24.8 Å². The third-order valence-corrected chi connectivity index (χ3v) is 7.26. The minimum atomic E-state index is -0.269. The third kappa shape index (κ3) is 4.40. The lowest BCUT2D eigenvalue weighted by Crippen LogP contribution is -2.51. The molecule has 2 aliphatic rings. The smallest absolute Gasteiger partial charge is 0.274 e. The van der Waals surface area contributed by atoms with E-state index in [0.29, 0.717) is 35.0 Å². The molecule has 2 aliphatic carbocycles. The second-order valence-corrected chi connectivity index (χ2v) is 9.41. The lowest BCUT2D eigenvalue weighted by atomic mass is 9.86. The molecule has 0 aliphatic heterocycles. The van der Waals surface area contributed by atoms with E-state index in [0.717, 1.165) is 32.1 Å². The van der Waals surface area contributed by atoms with Gasteiger partial charge in [0.15, 0.2) is 5.65 Å². The lowest BCUT2D eigenvalue weighted by Gasteiger charge is -2.35. The molecule has 0 unspecified atom stereocenters. The fourth-order valence-electron chi connectivity index (χ4n) is 5.09. The zero-order chi connectivity index (χ0) is 25.2. The Morgan fingerprint density at radius 3 is 2.86 bits per heavy atom. The minimum Gasteiger partial charge on any atom is -0.379 e. The molecule has 0 saturated heterocycles. The van der Waals surface area contributed by atoms with Crippen LogP contribution >= 0.6 is 0 Å². The first kappa shape index (κ1) is 23.8. The monoisotopic (exact) mass is 490 g/mol. The van der Waals surface area contributed by atoms with Crippen LogP contribution in [0.4, 0.5) is 17.3 Å². The first-order valence-corrected chi connectivity index (χ1v) is 12.3. The van der Waals surface area contributed by atoms with Crippen LogP contribution in [0.2, 0.25) is 0 Å². The summed E-state index contributed by atoms with van der Waals surface area (Å²) in [6.07, 6.45) is 8.41. The number of pyridine rings is 1. The topological polar surface area (TPSA) is 138 Å². The van der Waals surface area contributed by atoms with Gasteiger partial charge in [-0.1, -0.05) is 6.42 Å². The van der Waals surface area contributed by atoms with Crippen molar-refractivity contribution in [3.05, 3.63) is 46.5 Å². The number of fused-ring (bicyclic) bond motifs is 1. The summed E-state index contributed by atoms with van der Waals surface area (Å²) in [6.45, 7) is 0. The number of amides is 1. The standard InChI is InChI=1S/C25H30N8O3/c1-27-22-12-21(29-19-7-4-10-32(25(19)35)16-6-3-5-15(11-16)13-26)31-23-17(14-28-33(22)23)24(34)30-18-8-9-20(18)36-2/h4,7,10,12,14-16,18,20,27H,3,5-6,8-9,11H2,1-2H3,(H,29,31)(H,30,34)/t15-,16+,18+,20+/m0/s1. The average molecular weight is 491 g/mol. The second kappa shape index (κ2) is 9.99. The molecule has 11 nitrogen and oxygen atoms in total. The van der Waals surface area contributed by atoms with Crippen LogP contribution in [0.25, 0.3) is 5.65 Å². The molecule has 2 saturated carbocycles. The Kier molecular flexibility index (Phi) is 6.61. The van der Waals surface area contributed by atoms with Gasteiger partial charge in [0.1, 0.15) is 22.9 Å². The number of hydrogen-bond acceptors (Lipinski definition) is 8. The number of hydrogen-bond donors (Lipinski definition) is 3. The summed E-state index contributed by atoms with van der Waals surface area (Å²) in [5.74, 6) is 0.725.